The first kappa shape index (κ1) is 19.0. The van der Waals surface area contributed by atoms with Crippen molar-refractivity contribution < 1.29 is 33.0 Å². The number of carbonyl (C=O) groups is 3. The number of fused-ring (bicyclic) bond motifs is 1. The Hall–Kier alpha value is -3.79. The van der Waals surface area contributed by atoms with Gasteiger partial charge < -0.3 is 10.2 Å². The summed E-state index contributed by atoms with van der Waals surface area (Å²) in [5, 5.41) is 19.3. The maximum atomic E-state index is 12.8. The largest absolute Gasteiger partial charge is 0.507 e. The number of rotatable bonds is 5. The third-order valence-electron chi connectivity index (χ3n) is 3.89. The molecule has 0 aliphatic carbocycles. The number of benzene rings is 2. The van der Waals surface area contributed by atoms with E-state index in [2.05, 4.69) is 4.98 Å². The number of phenolic OH excluding ortho intramolecular Hbond substituents is 1. The number of hydrogen-bond donors (Lipinski definition) is 3. The summed E-state index contributed by atoms with van der Waals surface area (Å²) in [5.41, 5.74) is -0.921. The van der Waals surface area contributed by atoms with Crippen LogP contribution in [0.5, 0.6) is 5.75 Å². The summed E-state index contributed by atoms with van der Waals surface area (Å²) in [4.78, 5) is 37.8. The molecular formula is C18H12N2O7S. The van der Waals surface area contributed by atoms with E-state index in [4.69, 9.17) is 5.11 Å². The highest BCUT2D eigenvalue weighted by atomic mass is 32.2. The third-order valence-corrected chi connectivity index (χ3v) is 5.26. The molecule has 0 aliphatic heterocycles. The van der Waals surface area contributed by atoms with Gasteiger partial charge in [-0.2, -0.15) is 0 Å². The number of carbonyl (C=O) groups excluding carboxylic acids is 2. The average molecular weight is 400 g/mol. The van der Waals surface area contributed by atoms with Crippen LogP contribution in [0.3, 0.4) is 0 Å². The fourth-order valence-corrected chi connectivity index (χ4v) is 3.78. The number of carboxylic acids is 1. The Kier molecular flexibility index (Phi) is 4.80. The molecule has 0 aliphatic rings. The topological polar surface area (TPSA) is 151 Å². The molecule has 1 heterocycles. The van der Waals surface area contributed by atoms with E-state index in [1.165, 1.54) is 18.2 Å². The predicted molar refractivity (Wildman–Crippen MR) is 96.8 cm³/mol. The second kappa shape index (κ2) is 7.08. The monoisotopic (exact) mass is 400 g/mol. The van der Waals surface area contributed by atoms with E-state index in [-0.39, 0.29) is 27.6 Å². The Labute approximate surface area is 158 Å². The van der Waals surface area contributed by atoms with Crippen LogP contribution in [0.2, 0.25) is 0 Å². The van der Waals surface area contributed by atoms with Gasteiger partial charge in [0.25, 0.3) is 15.9 Å². The number of pyridine rings is 1. The van der Waals surface area contributed by atoms with Crippen LogP contribution in [0, 0.1) is 0 Å². The smallest absolute Gasteiger partial charge is 0.335 e. The summed E-state index contributed by atoms with van der Waals surface area (Å²) in [6.07, 6.45) is 1.35. The first-order valence-electron chi connectivity index (χ1n) is 7.71. The number of aromatic hydroxyl groups is 1. The quantitative estimate of drug-likeness (QED) is 0.546. The standard InChI is InChI=1S/C18H12N2O7S/c21-9-11-8-15(12-3-1-2-4-13(12)16(11)22)28(26,27)20-17(23)14-7-10(18(24)25)5-6-19-14/h1-9,22H,(H,20,23)(H,24,25). The summed E-state index contributed by atoms with van der Waals surface area (Å²) in [5.74, 6) is -2.83. The molecule has 28 heavy (non-hydrogen) atoms. The Balaban J connectivity index is 2.08. The highest BCUT2D eigenvalue weighted by Gasteiger charge is 2.24. The highest BCUT2D eigenvalue weighted by molar-refractivity contribution is 7.90. The summed E-state index contributed by atoms with van der Waals surface area (Å²) in [6.45, 7) is 0. The van der Waals surface area contributed by atoms with Gasteiger partial charge in [0.15, 0.2) is 6.29 Å². The van der Waals surface area contributed by atoms with Crippen molar-refractivity contribution >= 4 is 39.0 Å². The number of hydrogen-bond acceptors (Lipinski definition) is 7. The molecule has 0 bridgehead atoms. The van der Waals surface area contributed by atoms with Gasteiger partial charge in [0, 0.05) is 17.0 Å². The van der Waals surface area contributed by atoms with Crippen LogP contribution in [0.1, 0.15) is 31.2 Å². The highest BCUT2D eigenvalue weighted by Crippen LogP contribution is 2.33. The predicted octanol–water partition coefficient (Wildman–Crippen LogP) is 1.57. The summed E-state index contributed by atoms with van der Waals surface area (Å²) in [6, 6.07) is 8.94. The van der Waals surface area contributed by atoms with Gasteiger partial charge in [-0.3, -0.25) is 14.6 Å². The van der Waals surface area contributed by atoms with Crippen LogP contribution < -0.4 is 4.72 Å². The zero-order chi connectivity index (χ0) is 20.5. The number of phenols is 1. The van der Waals surface area contributed by atoms with Crippen molar-refractivity contribution in [2.24, 2.45) is 0 Å². The number of aromatic carboxylic acids is 1. The van der Waals surface area contributed by atoms with E-state index in [9.17, 15) is 27.9 Å². The molecule has 0 unspecified atom stereocenters. The molecule has 0 fully saturated rings. The van der Waals surface area contributed by atoms with Crippen LogP contribution in [-0.2, 0) is 10.0 Å². The molecular weight excluding hydrogens is 388 g/mol. The molecule has 3 N–H and O–H groups in total. The average Bonchev–Trinajstić information content (AvgIpc) is 2.68. The molecule has 10 heteroatoms. The van der Waals surface area contributed by atoms with E-state index < -0.39 is 32.5 Å². The van der Waals surface area contributed by atoms with Crippen LogP contribution in [0.25, 0.3) is 10.8 Å². The molecule has 3 aromatic rings. The molecule has 0 atom stereocenters. The molecule has 0 radical (unpaired) electrons. The summed E-state index contributed by atoms with van der Waals surface area (Å²) >= 11 is 0. The van der Waals surface area contributed by atoms with Crippen LogP contribution >= 0.6 is 0 Å². The van der Waals surface area contributed by atoms with Crippen LogP contribution in [0.15, 0.2) is 53.6 Å². The number of aldehydes is 1. The zero-order valence-corrected chi connectivity index (χ0v) is 14.8. The number of carboxylic acid groups (broad SMARTS) is 1. The number of sulfonamides is 1. The molecule has 2 aromatic carbocycles. The molecule has 3 rings (SSSR count). The van der Waals surface area contributed by atoms with Gasteiger partial charge in [-0.05, 0) is 18.2 Å². The first-order valence-corrected chi connectivity index (χ1v) is 9.19. The molecule has 0 spiro atoms. The summed E-state index contributed by atoms with van der Waals surface area (Å²) < 4.78 is 27.3. The maximum Gasteiger partial charge on any atom is 0.335 e. The van der Waals surface area contributed by atoms with E-state index >= 15 is 0 Å². The van der Waals surface area contributed by atoms with E-state index in [0.29, 0.717) is 6.29 Å². The van der Waals surface area contributed by atoms with Crippen molar-refractivity contribution in [2.45, 2.75) is 4.90 Å². The normalized spacial score (nSPS) is 11.1. The van der Waals surface area contributed by atoms with Crippen molar-refractivity contribution in [3.05, 3.63) is 65.5 Å². The van der Waals surface area contributed by atoms with Gasteiger partial charge in [-0.1, -0.05) is 24.3 Å². The minimum Gasteiger partial charge on any atom is -0.507 e. The lowest BCUT2D eigenvalue weighted by molar-refractivity contribution is 0.0696. The molecule has 1 aromatic heterocycles. The Morgan fingerprint density at radius 1 is 1.07 bits per heavy atom. The van der Waals surface area contributed by atoms with Crippen molar-refractivity contribution in [3.8, 4) is 5.75 Å². The van der Waals surface area contributed by atoms with Crippen molar-refractivity contribution in [2.75, 3.05) is 0 Å². The molecule has 142 valence electrons. The number of amides is 1. The Morgan fingerprint density at radius 2 is 1.75 bits per heavy atom. The Morgan fingerprint density at radius 3 is 2.39 bits per heavy atom. The first-order chi connectivity index (χ1) is 13.2. The molecule has 9 nitrogen and oxygen atoms in total. The lowest BCUT2D eigenvalue weighted by Crippen LogP contribution is -2.31. The van der Waals surface area contributed by atoms with E-state index in [1.807, 2.05) is 0 Å². The lowest BCUT2D eigenvalue weighted by atomic mass is 10.1. The second-order valence-electron chi connectivity index (χ2n) is 5.65. The number of aromatic nitrogens is 1. The SMILES string of the molecule is O=Cc1cc(S(=O)(=O)NC(=O)c2cc(C(=O)O)ccn2)c2ccccc2c1O. The van der Waals surface area contributed by atoms with Gasteiger partial charge >= 0.3 is 5.97 Å². The molecule has 1 amide bonds. The lowest BCUT2D eigenvalue weighted by Gasteiger charge is -2.12. The minimum absolute atomic E-state index is 0.0955. The molecule has 0 saturated carbocycles. The minimum atomic E-state index is -4.47. The fraction of sp³-hybridized carbons (Fsp3) is 0. The third kappa shape index (κ3) is 3.40. The maximum absolute atomic E-state index is 12.8. The van der Waals surface area contributed by atoms with E-state index in [1.54, 1.807) is 10.8 Å². The van der Waals surface area contributed by atoms with Crippen LogP contribution in [0.4, 0.5) is 0 Å². The fourth-order valence-electron chi connectivity index (χ4n) is 2.58. The Bertz CT molecular complexity index is 1240. The second-order valence-corrected chi connectivity index (χ2v) is 7.30. The van der Waals surface area contributed by atoms with Crippen molar-refractivity contribution in [1.82, 2.24) is 9.71 Å². The zero-order valence-electron chi connectivity index (χ0n) is 14.0. The number of nitrogens with zero attached hydrogens (tertiary/aromatic N) is 1. The van der Waals surface area contributed by atoms with Gasteiger partial charge in [-0.15, -0.1) is 0 Å². The molecule has 0 saturated heterocycles. The van der Waals surface area contributed by atoms with Gasteiger partial charge in [0.05, 0.1) is 16.0 Å². The van der Waals surface area contributed by atoms with Crippen LogP contribution in [-0.4, -0.2) is 41.8 Å². The van der Waals surface area contributed by atoms with Gasteiger partial charge in [0.1, 0.15) is 11.4 Å². The van der Waals surface area contributed by atoms with Crippen molar-refractivity contribution in [3.63, 3.8) is 0 Å². The van der Waals surface area contributed by atoms with Gasteiger partial charge in [-0.25, -0.2) is 17.9 Å². The summed E-state index contributed by atoms with van der Waals surface area (Å²) in [7, 11) is -4.47. The van der Waals surface area contributed by atoms with Crippen molar-refractivity contribution in [1.29, 1.82) is 0 Å². The van der Waals surface area contributed by atoms with E-state index in [0.717, 1.165) is 24.4 Å². The van der Waals surface area contributed by atoms with Gasteiger partial charge in [0.2, 0.25) is 0 Å². The number of nitrogens with one attached hydrogen (secondary N) is 1.